The number of aryl methyl sites for hydroxylation is 2. The van der Waals surface area contributed by atoms with Gasteiger partial charge in [-0.3, -0.25) is 9.59 Å². The minimum atomic E-state index is -0.0505. The number of hydrogen-bond acceptors (Lipinski definition) is 2. The summed E-state index contributed by atoms with van der Waals surface area (Å²) in [5.41, 5.74) is 4.86. The summed E-state index contributed by atoms with van der Waals surface area (Å²) in [6.45, 7) is 10.9. The molecule has 1 heterocycles. The Kier molecular flexibility index (Phi) is 7.89. The maximum Gasteiger partial charge on any atom is 0.225 e. The van der Waals surface area contributed by atoms with Crippen molar-refractivity contribution >= 4 is 11.8 Å². The summed E-state index contributed by atoms with van der Waals surface area (Å²) in [4.78, 5) is 30.0. The van der Waals surface area contributed by atoms with Crippen molar-refractivity contribution in [1.82, 2.24) is 9.80 Å². The smallest absolute Gasteiger partial charge is 0.225 e. The zero-order valence-electron chi connectivity index (χ0n) is 19.4. The Bertz CT molecular complexity index is 800. The number of hydrogen-bond donors (Lipinski definition) is 0. The summed E-state index contributed by atoms with van der Waals surface area (Å²) in [6.07, 6.45) is 2.35. The van der Waals surface area contributed by atoms with Gasteiger partial charge in [-0.2, -0.15) is 0 Å². The highest BCUT2D eigenvalue weighted by molar-refractivity contribution is 5.80. The average Bonchev–Trinajstić information content (AvgIpc) is 3.02. The van der Waals surface area contributed by atoms with Gasteiger partial charge in [0.05, 0.1) is 0 Å². The molecule has 0 aliphatic carbocycles. The second-order valence-electron chi connectivity index (χ2n) is 9.19. The van der Waals surface area contributed by atoms with Crippen LogP contribution in [0.2, 0.25) is 0 Å². The first kappa shape index (κ1) is 23.1. The number of rotatable bonds is 6. The van der Waals surface area contributed by atoms with Gasteiger partial charge in [0.2, 0.25) is 11.8 Å². The molecule has 0 spiro atoms. The van der Waals surface area contributed by atoms with E-state index in [4.69, 9.17) is 0 Å². The summed E-state index contributed by atoms with van der Waals surface area (Å²) in [6, 6.07) is 16.8. The van der Waals surface area contributed by atoms with Gasteiger partial charge in [-0.15, -0.1) is 0 Å². The molecule has 0 bridgehead atoms. The quantitative estimate of drug-likeness (QED) is 0.694. The highest BCUT2D eigenvalue weighted by Gasteiger charge is 2.27. The fourth-order valence-electron chi connectivity index (χ4n) is 4.31. The van der Waals surface area contributed by atoms with E-state index in [0.29, 0.717) is 13.1 Å². The number of amides is 2. The van der Waals surface area contributed by atoms with E-state index in [1.807, 2.05) is 23.6 Å². The second kappa shape index (κ2) is 10.6. The molecule has 2 unspecified atom stereocenters. The lowest BCUT2D eigenvalue weighted by molar-refractivity contribution is -0.137. The largest absolute Gasteiger partial charge is 0.341 e. The van der Waals surface area contributed by atoms with Gasteiger partial charge in [0.25, 0.3) is 0 Å². The highest BCUT2D eigenvalue weighted by atomic mass is 16.2. The van der Waals surface area contributed by atoms with E-state index in [-0.39, 0.29) is 23.7 Å². The molecule has 2 aromatic carbocycles. The van der Waals surface area contributed by atoms with E-state index in [1.54, 1.807) is 0 Å². The van der Waals surface area contributed by atoms with Crippen LogP contribution in [0.4, 0.5) is 0 Å². The first-order valence-corrected chi connectivity index (χ1v) is 11.5. The minimum Gasteiger partial charge on any atom is -0.341 e. The molecule has 166 valence electrons. The number of nitrogens with zero attached hydrogens (tertiary/aromatic N) is 2. The molecule has 3 rings (SSSR count). The van der Waals surface area contributed by atoms with Gasteiger partial charge in [0, 0.05) is 38.0 Å². The van der Waals surface area contributed by atoms with Gasteiger partial charge in [-0.25, -0.2) is 0 Å². The van der Waals surface area contributed by atoms with Crippen molar-refractivity contribution in [2.75, 3.05) is 26.2 Å². The van der Waals surface area contributed by atoms with Crippen LogP contribution >= 0.6 is 0 Å². The van der Waals surface area contributed by atoms with Crippen LogP contribution in [-0.2, 0) is 22.4 Å². The van der Waals surface area contributed by atoms with Crippen LogP contribution in [0.5, 0.6) is 0 Å². The van der Waals surface area contributed by atoms with Crippen LogP contribution in [0.3, 0.4) is 0 Å². The highest BCUT2D eigenvalue weighted by Crippen LogP contribution is 2.17. The molecule has 31 heavy (non-hydrogen) atoms. The minimum absolute atomic E-state index is 0.0505. The van der Waals surface area contributed by atoms with E-state index < -0.39 is 0 Å². The van der Waals surface area contributed by atoms with Crippen molar-refractivity contribution in [2.45, 2.75) is 47.0 Å². The Morgan fingerprint density at radius 1 is 0.677 bits per heavy atom. The molecule has 0 N–H and O–H groups in total. The van der Waals surface area contributed by atoms with Crippen molar-refractivity contribution in [3.8, 4) is 0 Å². The molecule has 1 fully saturated rings. The summed E-state index contributed by atoms with van der Waals surface area (Å²) >= 11 is 0. The summed E-state index contributed by atoms with van der Waals surface area (Å²) in [5.74, 6) is 0.293. The van der Waals surface area contributed by atoms with Crippen LogP contribution in [0, 0.1) is 25.7 Å². The molecule has 2 amide bonds. The summed E-state index contributed by atoms with van der Waals surface area (Å²) in [5, 5.41) is 0. The van der Waals surface area contributed by atoms with Gasteiger partial charge in [-0.05, 0) is 44.2 Å². The van der Waals surface area contributed by atoms with Gasteiger partial charge >= 0.3 is 0 Å². The Morgan fingerprint density at radius 2 is 1.03 bits per heavy atom. The van der Waals surface area contributed by atoms with Crippen molar-refractivity contribution in [1.29, 1.82) is 0 Å². The van der Waals surface area contributed by atoms with Gasteiger partial charge in [0.15, 0.2) is 0 Å². The summed E-state index contributed by atoms with van der Waals surface area (Å²) in [7, 11) is 0. The maximum absolute atomic E-state index is 13.0. The van der Waals surface area contributed by atoms with Crippen LogP contribution in [0.15, 0.2) is 48.5 Å². The van der Waals surface area contributed by atoms with E-state index in [0.717, 1.165) is 32.4 Å². The van der Waals surface area contributed by atoms with Gasteiger partial charge in [-0.1, -0.05) is 73.5 Å². The van der Waals surface area contributed by atoms with Crippen molar-refractivity contribution in [3.63, 3.8) is 0 Å². The Balaban J connectivity index is 1.52. The first-order valence-electron chi connectivity index (χ1n) is 11.5. The zero-order chi connectivity index (χ0) is 22.4. The monoisotopic (exact) mass is 420 g/mol. The van der Waals surface area contributed by atoms with Crippen LogP contribution < -0.4 is 0 Å². The fourth-order valence-corrected chi connectivity index (χ4v) is 4.31. The first-order chi connectivity index (χ1) is 14.8. The van der Waals surface area contributed by atoms with E-state index >= 15 is 0 Å². The van der Waals surface area contributed by atoms with Crippen molar-refractivity contribution in [3.05, 3.63) is 70.8 Å². The molecule has 1 aliphatic rings. The third kappa shape index (κ3) is 6.43. The third-order valence-electron chi connectivity index (χ3n) is 6.29. The van der Waals surface area contributed by atoms with E-state index in [1.165, 1.54) is 22.3 Å². The number of benzene rings is 2. The molecule has 1 aliphatic heterocycles. The Labute approximate surface area is 187 Å². The summed E-state index contributed by atoms with van der Waals surface area (Å²) < 4.78 is 0. The van der Waals surface area contributed by atoms with Crippen molar-refractivity contribution in [2.24, 2.45) is 11.8 Å². The van der Waals surface area contributed by atoms with Crippen molar-refractivity contribution < 1.29 is 9.59 Å². The molecule has 1 saturated heterocycles. The maximum atomic E-state index is 13.0. The van der Waals surface area contributed by atoms with Gasteiger partial charge in [0.1, 0.15) is 0 Å². The van der Waals surface area contributed by atoms with E-state index in [2.05, 4.69) is 62.4 Å². The molecule has 0 aromatic heterocycles. The molecule has 4 nitrogen and oxygen atoms in total. The Hall–Kier alpha value is -2.62. The number of carbonyl (C=O) groups excluding carboxylic acids is 2. The molecule has 4 heteroatoms. The van der Waals surface area contributed by atoms with Crippen LogP contribution in [-0.4, -0.2) is 47.8 Å². The molecule has 2 atom stereocenters. The number of carbonyl (C=O) groups is 2. The van der Waals surface area contributed by atoms with Gasteiger partial charge < -0.3 is 9.80 Å². The topological polar surface area (TPSA) is 40.6 Å². The second-order valence-corrected chi connectivity index (χ2v) is 9.19. The lowest BCUT2D eigenvalue weighted by atomic mass is 9.99. The molecule has 0 saturated carbocycles. The third-order valence-corrected chi connectivity index (χ3v) is 6.29. The fraction of sp³-hybridized carbons (Fsp3) is 0.481. The standard InChI is InChI=1S/C27H36N2O2/c1-20-6-10-24(11-7-20)18-22(3)26(30)28-14-5-15-29(17-16-28)27(31)23(4)19-25-12-8-21(2)9-13-25/h6-13,22-23H,5,14-19H2,1-4H3. The van der Waals surface area contributed by atoms with Crippen LogP contribution in [0.25, 0.3) is 0 Å². The van der Waals surface area contributed by atoms with E-state index in [9.17, 15) is 9.59 Å². The molecule has 2 aromatic rings. The lowest BCUT2D eigenvalue weighted by Gasteiger charge is -2.26. The van der Waals surface area contributed by atoms with Crippen LogP contribution in [0.1, 0.15) is 42.5 Å². The predicted octanol–water partition coefficient (Wildman–Crippen LogP) is 4.42. The Morgan fingerprint density at radius 3 is 1.39 bits per heavy atom. The average molecular weight is 421 g/mol. The SMILES string of the molecule is Cc1ccc(CC(C)C(=O)N2CCCN(C(=O)C(C)Cc3ccc(C)cc3)CC2)cc1. The zero-order valence-corrected chi connectivity index (χ0v) is 19.4. The molecular formula is C27H36N2O2. The molecular weight excluding hydrogens is 384 g/mol. The lowest BCUT2D eigenvalue weighted by Crippen LogP contribution is -2.41. The predicted molar refractivity (Wildman–Crippen MR) is 126 cm³/mol. The molecule has 0 radical (unpaired) electrons. The normalized spacial score (nSPS) is 16.5.